The quantitative estimate of drug-likeness (QED) is 0.629. The first-order valence-electron chi connectivity index (χ1n) is 3.80. The first-order chi connectivity index (χ1) is 5.50. The molecule has 0 radical (unpaired) electrons. The van der Waals surface area contributed by atoms with E-state index < -0.39 is 0 Å². The fourth-order valence-electron chi connectivity index (χ4n) is 0.643. The van der Waals surface area contributed by atoms with Crippen LogP contribution in [0.1, 0.15) is 13.8 Å². The topological polar surface area (TPSA) is 58.4 Å². The monoisotopic (exact) mass is 189 g/mol. The van der Waals surface area contributed by atoms with Crippen LogP contribution in [-0.4, -0.2) is 35.6 Å². The molecular weight excluding hydrogens is 174 g/mol. The van der Waals surface area contributed by atoms with Gasteiger partial charge in [0, 0.05) is 13.6 Å². The Bertz CT molecular complexity index is 183. The molecule has 5 heteroatoms. The number of nitrogens with one attached hydrogen (secondary N) is 1. The Hall–Kier alpha value is -0.840. The van der Waals surface area contributed by atoms with Gasteiger partial charge in [-0.05, 0) is 13.8 Å². The summed E-state index contributed by atoms with van der Waals surface area (Å²) in [6.45, 7) is 4.25. The highest BCUT2D eigenvalue weighted by Crippen LogP contribution is 1.95. The van der Waals surface area contributed by atoms with Crippen molar-refractivity contribution in [2.45, 2.75) is 19.9 Å². The molecule has 0 heterocycles. The average Bonchev–Trinajstić information content (AvgIpc) is 2.02. The van der Waals surface area contributed by atoms with Crippen molar-refractivity contribution in [2.75, 3.05) is 13.6 Å². The molecule has 1 unspecified atom stereocenters. The fourth-order valence-corrected chi connectivity index (χ4v) is 0.801. The van der Waals surface area contributed by atoms with Gasteiger partial charge in [-0.2, -0.15) is 0 Å². The summed E-state index contributed by atoms with van der Waals surface area (Å²) >= 11 is 4.75. The molecule has 0 bridgehead atoms. The summed E-state index contributed by atoms with van der Waals surface area (Å²) in [4.78, 5) is 13.0. The van der Waals surface area contributed by atoms with Crippen LogP contribution < -0.4 is 11.1 Å². The van der Waals surface area contributed by atoms with Crippen molar-refractivity contribution in [1.29, 1.82) is 0 Å². The van der Waals surface area contributed by atoms with E-state index in [-0.39, 0.29) is 12.1 Å². The zero-order valence-electron chi connectivity index (χ0n) is 7.63. The second-order valence-electron chi connectivity index (χ2n) is 2.52. The maximum absolute atomic E-state index is 11.2. The Morgan fingerprint density at radius 1 is 1.75 bits per heavy atom. The predicted molar refractivity (Wildman–Crippen MR) is 53.1 cm³/mol. The Morgan fingerprint density at radius 2 is 2.25 bits per heavy atom. The Labute approximate surface area is 78.1 Å². The zero-order chi connectivity index (χ0) is 9.72. The molecule has 0 aromatic carbocycles. The summed E-state index contributed by atoms with van der Waals surface area (Å²) in [5, 5.41) is 2.65. The molecule has 12 heavy (non-hydrogen) atoms. The second kappa shape index (κ2) is 4.92. The van der Waals surface area contributed by atoms with E-state index in [1.165, 1.54) is 4.90 Å². The first kappa shape index (κ1) is 11.2. The van der Waals surface area contributed by atoms with E-state index in [4.69, 9.17) is 18.0 Å². The van der Waals surface area contributed by atoms with Crippen LogP contribution in [0.5, 0.6) is 0 Å². The first-order valence-corrected chi connectivity index (χ1v) is 4.21. The lowest BCUT2D eigenvalue weighted by atomic mass is 10.3. The minimum Gasteiger partial charge on any atom is -0.392 e. The average molecular weight is 189 g/mol. The predicted octanol–water partition coefficient (Wildman–Crippen LogP) is 0.322. The van der Waals surface area contributed by atoms with E-state index in [0.29, 0.717) is 11.5 Å². The van der Waals surface area contributed by atoms with Gasteiger partial charge >= 0.3 is 6.03 Å². The van der Waals surface area contributed by atoms with Crippen LogP contribution in [0.25, 0.3) is 0 Å². The molecule has 3 N–H and O–H groups in total. The number of carbonyl (C=O) groups excluding carboxylic acids is 1. The third-order valence-electron chi connectivity index (χ3n) is 1.64. The molecule has 0 aliphatic heterocycles. The van der Waals surface area contributed by atoms with Crippen molar-refractivity contribution in [3.05, 3.63) is 0 Å². The Morgan fingerprint density at radius 3 is 2.58 bits per heavy atom. The number of hydrogen-bond acceptors (Lipinski definition) is 2. The normalized spacial score (nSPS) is 11.9. The van der Waals surface area contributed by atoms with Crippen LogP contribution in [-0.2, 0) is 0 Å². The number of urea groups is 1. The van der Waals surface area contributed by atoms with Gasteiger partial charge in [-0.3, -0.25) is 0 Å². The molecule has 0 aliphatic carbocycles. The summed E-state index contributed by atoms with van der Waals surface area (Å²) in [7, 11) is 1.66. The number of nitrogens with two attached hydrogens (primary N) is 1. The lowest BCUT2D eigenvalue weighted by Crippen LogP contribution is -2.47. The molecule has 2 amide bonds. The highest BCUT2D eigenvalue weighted by Gasteiger charge is 2.16. The van der Waals surface area contributed by atoms with E-state index in [9.17, 15) is 4.79 Å². The molecule has 1 atom stereocenters. The number of hydrogen-bond donors (Lipinski definition) is 2. The van der Waals surface area contributed by atoms with E-state index in [0.717, 1.165) is 0 Å². The molecule has 0 aliphatic rings. The molecule has 0 aromatic heterocycles. The number of amides is 2. The van der Waals surface area contributed by atoms with E-state index in [1.54, 1.807) is 14.0 Å². The number of nitrogens with zero attached hydrogens (tertiary/aromatic N) is 1. The van der Waals surface area contributed by atoms with Crippen molar-refractivity contribution in [1.82, 2.24) is 10.2 Å². The highest BCUT2D eigenvalue weighted by molar-refractivity contribution is 7.80. The number of rotatable bonds is 3. The molecular formula is C7H15N3OS. The molecule has 0 rings (SSSR count). The van der Waals surface area contributed by atoms with Crippen LogP contribution in [0, 0.1) is 0 Å². The lowest BCUT2D eigenvalue weighted by Gasteiger charge is -2.23. The van der Waals surface area contributed by atoms with Crippen molar-refractivity contribution < 1.29 is 4.79 Å². The number of thiocarbonyl (C=S) groups is 1. The van der Waals surface area contributed by atoms with Crippen LogP contribution in [0.3, 0.4) is 0 Å². The molecule has 0 saturated carbocycles. The van der Waals surface area contributed by atoms with Gasteiger partial charge < -0.3 is 16.0 Å². The Kier molecular flexibility index (Phi) is 4.58. The van der Waals surface area contributed by atoms with Gasteiger partial charge in [-0.25, -0.2) is 4.79 Å². The smallest absolute Gasteiger partial charge is 0.317 e. The molecule has 0 aromatic rings. The van der Waals surface area contributed by atoms with E-state index >= 15 is 0 Å². The van der Waals surface area contributed by atoms with Gasteiger partial charge in [0.15, 0.2) is 0 Å². The van der Waals surface area contributed by atoms with Crippen molar-refractivity contribution in [3.63, 3.8) is 0 Å². The molecule has 0 saturated heterocycles. The van der Waals surface area contributed by atoms with Crippen LogP contribution in [0.4, 0.5) is 4.79 Å². The second-order valence-corrected chi connectivity index (χ2v) is 3.00. The van der Waals surface area contributed by atoms with Gasteiger partial charge in [0.2, 0.25) is 0 Å². The van der Waals surface area contributed by atoms with Gasteiger partial charge in [-0.15, -0.1) is 0 Å². The van der Waals surface area contributed by atoms with Crippen LogP contribution in [0.15, 0.2) is 0 Å². The summed E-state index contributed by atoms with van der Waals surface area (Å²) in [5.74, 6) is 0. The van der Waals surface area contributed by atoms with Crippen molar-refractivity contribution in [2.24, 2.45) is 5.73 Å². The maximum atomic E-state index is 11.2. The van der Waals surface area contributed by atoms with E-state index in [2.05, 4.69) is 5.32 Å². The summed E-state index contributed by atoms with van der Waals surface area (Å²) < 4.78 is 0. The summed E-state index contributed by atoms with van der Waals surface area (Å²) in [6, 6.07) is -0.357. The zero-order valence-corrected chi connectivity index (χ0v) is 8.44. The van der Waals surface area contributed by atoms with Gasteiger partial charge in [0.05, 0.1) is 11.0 Å². The molecule has 0 spiro atoms. The number of likely N-dealkylation sites (N-methyl/N-ethyl adjacent to an activating group) is 1. The maximum Gasteiger partial charge on any atom is 0.317 e. The lowest BCUT2D eigenvalue weighted by molar-refractivity contribution is 0.205. The number of carbonyl (C=O) groups is 1. The van der Waals surface area contributed by atoms with E-state index in [1.807, 2.05) is 6.92 Å². The molecule has 70 valence electrons. The summed E-state index contributed by atoms with van der Waals surface area (Å²) in [6.07, 6.45) is 0. The largest absolute Gasteiger partial charge is 0.392 e. The van der Waals surface area contributed by atoms with Gasteiger partial charge in [-0.1, -0.05) is 12.2 Å². The van der Waals surface area contributed by atoms with Crippen LogP contribution in [0.2, 0.25) is 0 Å². The third-order valence-corrected chi connectivity index (χ3v) is 1.98. The van der Waals surface area contributed by atoms with Crippen molar-refractivity contribution in [3.8, 4) is 0 Å². The summed E-state index contributed by atoms with van der Waals surface area (Å²) in [5.41, 5.74) is 5.38. The fraction of sp³-hybridized carbons (Fsp3) is 0.714. The third kappa shape index (κ3) is 3.04. The van der Waals surface area contributed by atoms with Crippen LogP contribution >= 0.6 is 12.2 Å². The minimum absolute atomic E-state index is 0.155. The van der Waals surface area contributed by atoms with Gasteiger partial charge in [0.25, 0.3) is 0 Å². The molecule has 4 nitrogen and oxygen atoms in total. The SMILES string of the molecule is CCNC(=O)N(C)C(C)C(N)=S. The standard InChI is InChI=1S/C7H15N3OS/c1-4-9-7(11)10(3)5(2)6(8)12/h5H,4H2,1-3H3,(H2,8,12)(H,9,11). The Balaban J connectivity index is 4.09. The highest BCUT2D eigenvalue weighted by atomic mass is 32.1. The van der Waals surface area contributed by atoms with Crippen molar-refractivity contribution >= 4 is 23.2 Å². The van der Waals surface area contributed by atoms with Gasteiger partial charge in [0.1, 0.15) is 0 Å². The molecule has 0 fully saturated rings. The minimum atomic E-state index is -0.202.